The molecule has 1 aromatic heterocycles. The Morgan fingerprint density at radius 3 is 2.44 bits per heavy atom. The van der Waals surface area contributed by atoms with Crippen LogP contribution in [0.4, 0.5) is 4.79 Å². The molecule has 0 radical (unpaired) electrons. The number of nitrogens with zero attached hydrogens (tertiary/aromatic N) is 1. The van der Waals surface area contributed by atoms with Crippen LogP contribution in [0.25, 0.3) is 11.1 Å². The van der Waals surface area contributed by atoms with Crippen LogP contribution in [0.2, 0.25) is 0 Å². The fourth-order valence-corrected chi connectivity index (χ4v) is 5.70. The van der Waals surface area contributed by atoms with Crippen LogP contribution in [0.5, 0.6) is 5.75 Å². The molecule has 3 aliphatic rings. The molecule has 32 heavy (non-hydrogen) atoms. The van der Waals surface area contributed by atoms with Crippen molar-refractivity contribution in [3.63, 3.8) is 0 Å². The summed E-state index contributed by atoms with van der Waals surface area (Å²) in [6.07, 6.45) is 1.05. The minimum atomic E-state index is -0.671. The Labute approximate surface area is 191 Å². The fraction of sp³-hybridized carbons (Fsp3) is 0.308. The third kappa shape index (κ3) is 4.33. The third-order valence-electron chi connectivity index (χ3n) is 6.73. The van der Waals surface area contributed by atoms with Crippen LogP contribution >= 0.6 is 11.3 Å². The molecule has 0 aliphatic carbocycles. The molecule has 1 unspecified atom stereocenters. The van der Waals surface area contributed by atoms with Gasteiger partial charge in [-0.1, -0.05) is 54.6 Å². The van der Waals surface area contributed by atoms with Crippen molar-refractivity contribution >= 4 is 23.3 Å². The molecular formula is C26H26NO4S+. The standard InChI is InChI=1S/C26H26NO4S/c28-22(25-11-6-16-32-25)17-27-14-12-20(13-15-27)24(18-27)31-26(29)30-23-10-5-4-9-21(23)19-7-2-1-3-8-19/h1-11,16,20,24H,12-15,17-18H2/q+1. The van der Waals surface area contributed by atoms with Crippen molar-refractivity contribution in [2.24, 2.45) is 5.92 Å². The topological polar surface area (TPSA) is 52.6 Å². The number of thiophene rings is 1. The van der Waals surface area contributed by atoms with Gasteiger partial charge in [0, 0.05) is 24.3 Å². The summed E-state index contributed by atoms with van der Waals surface area (Å²) in [5.41, 5.74) is 1.83. The number of hydrogen-bond acceptors (Lipinski definition) is 5. The summed E-state index contributed by atoms with van der Waals surface area (Å²) in [5.74, 6) is 1.00. The normalized spacial score (nSPS) is 24.1. The lowest BCUT2D eigenvalue weighted by Gasteiger charge is -2.51. The highest BCUT2D eigenvalue weighted by molar-refractivity contribution is 7.12. The molecule has 4 heterocycles. The molecule has 2 bridgehead atoms. The van der Waals surface area contributed by atoms with E-state index >= 15 is 0 Å². The van der Waals surface area contributed by atoms with Crippen LogP contribution in [-0.4, -0.2) is 48.7 Å². The van der Waals surface area contributed by atoms with E-state index in [1.54, 1.807) is 6.07 Å². The summed E-state index contributed by atoms with van der Waals surface area (Å²) in [7, 11) is 0. The highest BCUT2D eigenvalue weighted by Gasteiger charge is 2.48. The predicted molar refractivity (Wildman–Crippen MR) is 124 cm³/mol. The Hall–Kier alpha value is -2.96. The molecule has 0 N–H and O–H groups in total. The molecule has 0 saturated carbocycles. The maximum Gasteiger partial charge on any atom is 0.514 e. The SMILES string of the molecule is O=C(Oc1ccccc1-c1ccccc1)OC1C[N+]2(CC(=O)c3cccs3)CCC1CC2. The smallest absolute Gasteiger partial charge is 0.424 e. The zero-order valence-electron chi connectivity index (χ0n) is 17.8. The number of ether oxygens (including phenoxy) is 2. The Morgan fingerprint density at radius 1 is 0.938 bits per heavy atom. The Morgan fingerprint density at radius 2 is 1.69 bits per heavy atom. The maximum absolute atomic E-state index is 12.8. The first-order valence-corrected chi connectivity index (χ1v) is 11.9. The van der Waals surface area contributed by atoms with Crippen molar-refractivity contribution in [1.29, 1.82) is 0 Å². The van der Waals surface area contributed by atoms with Crippen molar-refractivity contribution in [1.82, 2.24) is 0 Å². The molecule has 3 saturated heterocycles. The van der Waals surface area contributed by atoms with Gasteiger partial charge in [-0.3, -0.25) is 4.79 Å². The summed E-state index contributed by atoms with van der Waals surface area (Å²) >= 11 is 1.49. The Bertz CT molecular complexity index is 1090. The number of para-hydroxylation sites is 1. The van der Waals surface area contributed by atoms with Crippen LogP contribution < -0.4 is 4.74 Å². The van der Waals surface area contributed by atoms with Gasteiger partial charge in [-0.05, 0) is 23.1 Å². The van der Waals surface area contributed by atoms with Gasteiger partial charge < -0.3 is 14.0 Å². The Kier molecular flexibility index (Phi) is 5.81. The molecule has 164 valence electrons. The fourth-order valence-electron chi connectivity index (χ4n) is 5.05. The molecule has 6 rings (SSSR count). The van der Waals surface area contributed by atoms with E-state index in [2.05, 4.69) is 0 Å². The minimum Gasteiger partial charge on any atom is -0.424 e. The zero-order chi connectivity index (χ0) is 22.0. The van der Waals surface area contributed by atoms with E-state index in [9.17, 15) is 9.59 Å². The quantitative estimate of drug-likeness (QED) is 0.219. The number of carbonyl (C=O) groups excluding carboxylic acids is 2. The summed E-state index contributed by atoms with van der Waals surface area (Å²) < 4.78 is 12.2. The predicted octanol–water partition coefficient (Wildman–Crippen LogP) is 5.42. The number of carbonyl (C=O) groups is 2. The first-order chi connectivity index (χ1) is 15.6. The van der Waals surface area contributed by atoms with Crippen LogP contribution in [0.3, 0.4) is 0 Å². The number of rotatable bonds is 6. The number of quaternary nitrogens is 1. The molecule has 0 amide bonds. The van der Waals surface area contributed by atoms with Crippen molar-refractivity contribution in [2.45, 2.75) is 18.9 Å². The van der Waals surface area contributed by atoms with E-state index in [-0.39, 0.29) is 11.9 Å². The van der Waals surface area contributed by atoms with E-state index in [0.717, 1.165) is 41.9 Å². The average molecular weight is 449 g/mol. The number of fused-ring (bicyclic) bond motifs is 3. The van der Waals surface area contributed by atoms with E-state index in [0.29, 0.717) is 29.2 Å². The number of benzene rings is 2. The maximum atomic E-state index is 12.8. The zero-order valence-corrected chi connectivity index (χ0v) is 18.6. The van der Waals surface area contributed by atoms with Crippen molar-refractivity contribution in [3.05, 3.63) is 77.0 Å². The van der Waals surface area contributed by atoms with Gasteiger partial charge in [-0.25, -0.2) is 4.79 Å². The molecule has 6 heteroatoms. The van der Waals surface area contributed by atoms with Crippen LogP contribution in [0.15, 0.2) is 72.1 Å². The average Bonchev–Trinajstić information content (AvgIpc) is 3.36. The summed E-state index contributed by atoms with van der Waals surface area (Å²) in [6, 6.07) is 21.1. The van der Waals surface area contributed by atoms with Crippen molar-refractivity contribution in [2.75, 3.05) is 26.2 Å². The van der Waals surface area contributed by atoms with Crippen LogP contribution in [0.1, 0.15) is 22.5 Å². The molecular weight excluding hydrogens is 422 g/mol. The lowest BCUT2D eigenvalue weighted by Crippen LogP contribution is -2.65. The summed E-state index contributed by atoms with van der Waals surface area (Å²) in [5, 5.41) is 1.94. The molecule has 1 atom stereocenters. The van der Waals surface area contributed by atoms with Gasteiger partial charge in [0.15, 0.2) is 6.10 Å². The largest absolute Gasteiger partial charge is 0.514 e. The molecule has 3 fully saturated rings. The first kappa shape index (κ1) is 20.9. The van der Waals surface area contributed by atoms with Gasteiger partial charge in [0.1, 0.15) is 18.8 Å². The lowest BCUT2D eigenvalue weighted by atomic mass is 9.83. The van der Waals surface area contributed by atoms with Gasteiger partial charge in [-0.15, -0.1) is 11.3 Å². The van der Waals surface area contributed by atoms with Gasteiger partial charge in [0.05, 0.1) is 18.0 Å². The third-order valence-corrected chi connectivity index (χ3v) is 7.64. The van der Waals surface area contributed by atoms with E-state index in [1.807, 2.05) is 66.0 Å². The van der Waals surface area contributed by atoms with Crippen molar-refractivity contribution in [3.8, 4) is 16.9 Å². The lowest BCUT2D eigenvalue weighted by molar-refractivity contribution is -0.938. The molecule has 3 aromatic rings. The second-order valence-corrected chi connectivity index (χ2v) is 9.69. The van der Waals surface area contributed by atoms with Crippen LogP contribution in [0, 0.1) is 5.92 Å². The molecule has 5 nitrogen and oxygen atoms in total. The second-order valence-electron chi connectivity index (χ2n) is 8.74. The molecule has 0 spiro atoms. The van der Waals surface area contributed by atoms with E-state index in [1.165, 1.54) is 11.3 Å². The number of ketones is 1. The Balaban J connectivity index is 1.26. The molecule has 2 aromatic carbocycles. The summed E-state index contributed by atoms with van der Waals surface area (Å²) in [6.45, 7) is 3.08. The van der Waals surface area contributed by atoms with Gasteiger partial charge in [0.2, 0.25) is 5.78 Å². The molecule has 3 aliphatic heterocycles. The van der Waals surface area contributed by atoms with Gasteiger partial charge in [0.25, 0.3) is 0 Å². The number of Topliss-reactive ketones (excluding diaryl/α,β-unsaturated/α-hetero) is 1. The first-order valence-electron chi connectivity index (χ1n) is 11.1. The van der Waals surface area contributed by atoms with E-state index in [4.69, 9.17) is 9.47 Å². The highest BCUT2D eigenvalue weighted by atomic mass is 32.1. The number of piperidine rings is 3. The monoisotopic (exact) mass is 448 g/mol. The van der Waals surface area contributed by atoms with Gasteiger partial charge in [-0.2, -0.15) is 0 Å². The minimum absolute atomic E-state index is 0.179. The van der Waals surface area contributed by atoms with Gasteiger partial charge >= 0.3 is 6.16 Å². The van der Waals surface area contributed by atoms with Crippen LogP contribution in [-0.2, 0) is 4.74 Å². The number of hydrogen-bond donors (Lipinski definition) is 0. The van der Waals surface area contributed by atoms with E-state index < -0.39 is 6.16 Å². The summed E-state index contributed by atoms with van der Waals surface area (Å²) in [4.78, 5) is 26.3. The second kappa shape index (κ2) is 8.88. The van der Waals surface area contributed by atoms with Crippen molar-refractivity contribution < 1.29 is 23.5 Å². The highest BCUT2D eigenvalue weighted by Crippen LogP contribution is 2.36.